The van der Waals surface area contributed by atoms with E-state index in [1.54, 1.807) is 0 Å². The van der Waals surface area contributed by atoms with Crippen LogP contribution in [-0.4, -0.2) is 66.4 Å². The smallest absolute Gasteiger partial charge is 0.454 e. The molecule has 2 saturated carbocycles. The van der Waals surface area contributed by atoms with Crippen LogP contribution in [0, 0.1) is 23.6 Å². The number of piperidine rings is 1. The normalized spacial score (nSPS) is 24.8. The van der Waals surface area contributed by atoms with Crippen molar-refractivity contribution < 1.29 is 41.0 Å². The van der Waals surface area contributed by atoms with Crippen LogP contribution in [0.3, 0.4) is 0 Å². The van der Waals surface area contributed by atoms with E-state index in [1.807, 2.05) is 0 Å². The van der Waals surface area contributed by atoms with Crippen molar-refractivity contribution in [2.24, 2.45) is 17.8 Å². The Morgan fingerprint density at radius 2 is 1.86 bits per heavy atom. The van der Waals surface area contributed by atoms with E-state index in [4.69, 9.17) is 4.74 Å². The summed E-state index contributed by atoms with van der Waals surface area (Å²) in [5, 5.41) is 12.3. The molecule has 11 heteroatoms. The summed E-state index contributed by atoms with van der Waals surface area (Å²) in [6.45, 7) is -0.381. The first-order valence-corrected chi connectivity index (χ1v) is 12.0. The van der Waals surface area contributed by atoms with Crippen LogP contribution >= 0.6 is 0 Å². The summed E-state index contributed by atoms with van der Waals surface area (Å²) >= 11 is 0. The largest absolute Gasteiger partial charge is 0.493 e. The van der Waals surface area contributed by atoms with Gasteiger partial charge in [-0.25, -0.2) is 4.39 Å². The lowest BCUT2D eigenvalue weighted by Gasteiger charge is -2.34. The summed E-state index contributed by atoms with van der Waals surface area (Å²) in [4.78, 5) is 13.3. The van der Waals surface area contributed by atoms with Gasteiger partial charge in [-0.15, -0.1) is 0 Å². The average Bonchev–Trinajstić information content (AvgIpc) is 3.70. The molecule has 1 saturated heterocycles. The van der Waals surface area contributed by atoms with E-state index < -0.39 is 36.0 Å². The minimum atomic E-state index is -5.53. The molecule has 0 bridgehead atoms. The second kappa shape index (κ2) is 9.80. The number of amides is 1. The number of carbonyl (C=O) groups is 1. The monoisotopic (exact) mass is 508 g/mol. The molecule has 1 unspecified atom stereocenters. The predicted molar refractivity (Wildman–Crippen MR) is 115 cm³/mol. The van der Waals surface area contributed by atoms with Crippen LogP contribution in [-0.2, 0) is 0 Å². The molecule has 2 N–H and O–H groups in total. The molecule has 2 atom stereocenters. The summed E-state index contributed by atoms with van der Waals surface area (Å²) in [7, 11) is 0. The van der Waals surface area contributed by atoms with Gasteiger partial charge in [-0.05, 0) is 81.5 Å². The fourth-order valence-electron chi connectivity index (χ4n) is 4.85. The van der Waals surface area contributed by atoms with E-state index in [0.29, 0.717) is 55.8 Å². The molecule has 35 heavy (non-hydrogen) atoms. The number of ether oxygens (including phenoxy) is 1. The SMILES string of the molecule is O=C(NCC1(O)CC1)c1ccc(OCCC2C[C@@H]2C2CCN(CC(F)(F)C(F)(F)F)CC2)cc1F. The van der Waals surface area contributed by atoms with Gasteiger partial charge in [-0.3, -0.25) is 9.69 Å². The molecule has 1 aliphatic heterocycles. The van der Waals surface area contributed by atoms with Gasteiger partial charge in [0.15, 0.2) is 0 Å². The molecule has 1 aromatic carbocycles. The summed E-state index contributed by atoms with van der Waals surface area (Å²) in [6, 6.07) is 4.01. The number of carbonyl (C=O) groups excluding carboxylic acids is 1. The molecule has 1 amide bonds. The first-order chi connectivity index (χ1) is 16.4. The third-order valence-corrected chi connectivity index (χ3v) is 7.40. The highest BCUT2D eigenvalue weighted by Gasteiger charge is 2.58. The highest BCUT2D eigenvalue weighted by Crippen LogP contribution is 2.50. The third-order valence-electron chi connectivity index (χ3n) is 7.40. The molecule has 196 valence electrons. The number of hydrogen-bond donors (Lipinski definition) is 2. The molecule has 3 fully saturated rings. The molecule has 5 nitrogen and oxygen atoms in total. The maximum absolute atomic E-state index is 14.3. The minimum absolute atomic E-state index is 0.0884. The molecule has 0 spiro atoms. The van der Waals surface area contributed by atoms with Crippen LogP contribution in [0.1, 0.15) is 48.9 Å². The highest BCUT2D eigenvalue weighted by molar-refractivity contribution is 5.94. The van der Waals surface area contributed by atoms with E-state index in [1.165, 1.54) is 17.0 Å². The van der Waals surface area contributed by atoms with E-state index >= 15 is 0 Å². The first-order valence-electron chi connectivity index (χ1n) is 12.0. The number of nitrogens with zero attached hydrogens (tertiary/aromatic N) is 1. The Hall–Kier alpha value is -2.01. The van der Waals surface area contributed by atoms with Gasteiger partial charge in [0.25, 0.3) is 5.91 Å². The molecule has 2 aliphatic carbocycles. The second-order valence-corrected chi connectivity index (χ2v) is 10.2. The van der Waals surface area contributed by atoms with Crippen LogP contribution in [0.2, 0.25) is 0 Å². The lowest BCUT2D eigenvalue weighted by atomic mass is 9.90. The van der Waals surface area contributed by atoms with Gasteiger partial charge >= 0.3 is 12.1 Å². The maximum atomic E-state index is 14.3. The van der Waals surface area contributed by atoms with Gasteiger partial charge in [0.1, 0.15) is 11.6 Å². The molecule has 4 rings (SSSR count). The number of halogens is 6. The molecular weight excluding hydrogens is 478 g/mol. The number of likely N-dealkylation sites (tertiary alicyclic amines) is 1. The average molecular weight is 509 g/mol. The number of alkyl halides is 5. The molecule has 0 aromatic heterocycles. The number of hydrogen-bond acceptors (Lipinski definition) is 4. The third kappa shape index (κ3) is 6.61. The van der Waals surface area contributed by atoms with E-state index in [2.05, 4.69) is 5.32 Å². The van der Waals surface area contributed by atoms with Crippen molar-refractivity contribution in [2.45, 2.75) is 56.2 Å². The van der Waals surface area contributed by atoms with Crippen LogP contribution in [0.15, 0.2) is 18.2 Å². The van der Waals surface area contributed by atoms with Crippen LogP contribution < -0.4 is 10.1 Å². The number of benzene rings is 1. The number of aliphatic hydroxyl groups is 1. The summed E-state index contributed by atoms with van der Waals surface area (Å²) < 4.78 is 83.7. The van der Waals surface area contributed by atoms with Crippen molar-refractivity contribution in [1.82, 2.24) is 10.2 Å². The zero-order valence-corrected chi connectivity index (χ0v) is 19.2. The van der Waals surface area contributed by atoms with Gasteiger partial charge in [0.05, 0.1) is 24.3 Å². The van der Waals surface area contributed by atoms with Crippen molar-refractivity contribution in [3.8, 4) is 5.75 Å². The fraction of sp³-hybridized carbons (Fsp3) is 0.708. The Kier molecular flexibility index (Phi) is 7.30. The van der Waals surface area contributed by atoms with Gasteiger partial charge in [-0.2, -0.15) is 22.0 Å². The van der Waals surface area contributed by atoms with Gasteiger partial charge in [0, 0.05) is 12.6 Å². The first kappa shape index (κ1) is 26.1. The number of nitrogens with one attached hydrogen (secondary N) is 1. The highest BCUT2D eigenvalue weighted by atomic mass is 19.4. The zero-order valence-electron chi connectivity index (χ0n) is 19.2. The Bertz CT molecular complexity index is 913. The molecule has 3 aliphatic rings. The predicted octanol–water partition coefficient (Wildman–Crippen LogP) is 4.40. The van der Waals surface area contributed by atoms with E-state index in [9.17, 15) is 36.2 Å². The minimum Gasteiger partial charge on any atom is -0.493 e. The topological polar surface area (TPSA) is 61.8 Å². The summed E-state index contributed by atoms with van der Waals surface area (Å²) in [6.07, 6.45) is -1.40. The summed E-state index contributed by atoms with van der Waals surface area (Å²) in [5.41, 5.74) is -0.988. The Balaban J connectivity index is 1.15. The molecular formula is C24H30F6N2O3. The Morgan fingerprint density at radius 1 is 1.17 bits per heavy atom. The van der Waals surface area contributed by atoms with Crippen LogP contribution in [0.5, 0.6) is 5.75 Å². The van der Waals surface area contributed by atoms with Gasteiger partial charge in [0.2, 0.25) is 0 Å². The van der Waals surface area contributed by atoms with Crippen molar-refractivity contribution in [3.63, 3.8) is 0 Å². The van der Waals surface area contributed by atoms with Crippen molar-refractivity contribution >= 4 is 5.91 Å². The Morgan fingerprint density at radius 3 is 2.46 bits per heavy atom. The quantitative estimate of drug-likeness (QED) is 0.460. The lowest BCUT2D eigenvalue weighted by Crippen LogP contribution is -2.49. The van der Waals surface area contributed by atoms with Gasteiger partial charge in [-0.1, -0.05) is 0 Å². The zero-order chi connectivity index (χ0) is 25.4. The van der Waals surface area contributed by atoms with Crippen molar-refractivity contribution in [1.29, 1.82) is 0 Å². The van der Waals surface area contributed by atoms with Crippen LogP contribution in [0.4, 0.5) is 26.3 Å². The number of rotatable bonds is 10. The molecule has 1 heterocycles. The van der Waals surface area contributed by atoms with Gasteiger partial charge < -0.3 is 15.2 Å². The van der Waals surface area contributed by atoms with Crippen LogP contribution in [0.25, 0.3) is 0 Å². The molecule has 0 radical (unpaired) electrons. The fourth-order valence-corrected chi connectivity index (χ4v) is 4.85. The van der Waals surface area contributed by atoms with E-state index in [-0.39, 0.29) is 25.2 Å². The summed E-state index contributed by atoms with van der Waals surface area (Å²) in [5.74, 6) is -4.59. The maximum Gasteiger partial charge on any atom is 0.454 e. The standard InChI is InChI=1S/C24H30F6N2O3/c25-20-12-17(1-2-18(20)21(33)31-13-22(34)6-7-22)35-10-5-16-11-19(16)15-3-8-32(9-4-15)14-23(26,27)24(28,29)30/h1-2,12,15-16,19,34H,3-11,13-14H2,(H,31,33)/t16?,19-/m1/s1. The van der Waals surface area contributed by atoms with Crippen molar-refractivity contribution in [2.75, 3.05) is 32.8 Å². The van der Waals surface area contributed by atoms with Crippen molar-refractivity contribution in [3.05, 3.63) is 29.6 Å². The Labute approximate surface area is 199 Å². The molecule has 1 aromatic rings. The van der Waals surface area contributed by atoms with E-state index in [0.717, 1.165) is 18.9 Å². The second-order valence-electron chi connectivity index (χ2n) is 10.2. The lowest BCUT2D eigenvalue weighted by molar-refractivity contribution is -0.287.